The van der Waals surface area contributed by atoms with Gasteiger partial charge in [0.25, 0.3) is 5.91 Å². The molecule has 1 unspecified atom stereocenters. The van der Waals surface area contributed by atoms with E-state index in [2.05, 4.69) is 5.32 Å². The van der Waals surface area contributed by atoms with Gasteiger partial charge in [0.05, 0.1) is 6.10 Å². The third kappa shape index (κ3) is 4.05. The van der Waals surface area contributed by atoms with Crippen LogP contribution in [0.15, 0.2) is 47.4 Å². The lowest BCUT2D eigenvalue weighted by atomic mass is 10.1. The van der Waals surface area contributed by atoms with E-state index in [1.807, 2.05) is 0 Å². The van der Waals surface area contributed by atoms with Crippen LogP contribution in [0.1, 0.15) is 22.0 Å². The molecule has 2 rings (SSSR count). The van der Waals surface area contributed by atoms with E-state index in [0.717, 1.165) is 0 Å². The van der Waals surface area contributed by atoms with Gasteiger partial charge in [0.15, 0.2) is 0 Å². The zero-order valence-corrected chi connectivity index (χ0v) is 12.7. The van der Waals surface area contributed by atoms with Gasteiger partial charge in [0, 0.05) is 17.0 Å². The van der Waals surface area contributed by atoms with Crippen LogP contribution in [0.4, 0.5) is 8.78 Å². The maximum Gasteiger partial charge on any atom is 0.251 e. The summed E-state index contributed by atoms with van der Waals surface area (Å²) in [6.45, 7) is -0.0174. The first-order valence-electron chi connectivity index (χ1n) is 6.56. The van der Waals surface area contributed by atoms with Gasteiger partial charge in [-0.25, -0.2) is 8.78 Å². The monoisotopic (exact) mass is 323 g/mol. The van der Waals surface area contributed by atoms with Crippen LogP contribution in [-0.2, 0) is 0 Å². The van der Waals surface area contributed by atoms with Crippen molar-refractivity contribution in [3.63, 3.8) is 0 Å². The Morgan fingerprint density at radius 2 is 1.91 bits per heavy atom. The summed E-state index contributed by atoms with van der Waals surface area (Å²) in [7, 11) is 0. The van der Waals surface area contributed by atoms with E-state index in [1.165, 1.54) is 54.2 Å². The van der Waals surface area contributed by atoms with Gasteiger partial charge in [-0.1, -0.05) is 12.1 Å². The second kappa shape index (κ2) is 7.38. The molecular formula is C16H15F2NO2S. The maximum atomic E-state index is 13.4. The summed E-state index contributed by atoms with van der Waals surface area (Å²) in [5.74, 6) is -1.18. The standard InChI is InChI=1S/C16H15F2NO2S/c1-22-15-8-11(4-7-13(15)18)16(21)19-9-14(20)10-2-5-12(17)6-3-10/h2-8,14,20H,9H2,1H3,(H,19,21). The smallest absolute Gasteiger partial charge is 0.251 e. The van der Waals surface area contributed by atoms with Crippen LogP contribution in [0.2, 0.25) is 0 Å². The Balaban J connectivity index is 1.99. The average molecular weight is 323 g/mol. The summed E-state index contributed by atoms with van der Waals surface area (Å²) in [6, 6.07) is 9.47. The van der Waals surface area contributed by atoms with Crippen LogP contribution < -0.4 is 5.32 Å². The van der Waals surface area contributed by atoms with Crippen molar-refractivity contribution in [2.24, 2.45) is 0 Å². The van der Waals surface area contributed by atoms with Crippen molar-refractivity contribution >= 4 is 17.7 Å². The summed E-state index contributed by atoms with van der Waals surface area (Å²) in [4.78, 5) is 12.4. The molecule has 0 heterocycles. The van der Waals surface area contributed by atoms with Crippen LogP contribution in [0, 0.1) is 11.6 Å². The Hall–Kier alpha value is -1.92. The van der Waals surface area contributed by atoms with Gasteiger partial charge in [-0.2, -0.15) is 0 Å². The number of carbonyl (C=O) groups is 1. The Kier molecular flexibility index (Phi) is 5.51. The number of thioether (sulfide) groups is 1. The van der Waals surface area contributed by atoms with E-state index < -0.39 is 17.8 Å². The number of aliphatic hydroxyl groups is 1. The molecule has 0 saturated carbocycles. The van der Waals surface area contributed by atoms with Gasteiger partial charge in [-0.05, 0) is 42.2 Å². The molecule has 0 aliphatic rings. The number of hydrogen-bond acceptors (Lipinski definition) is 3. The Bertz CT molecular complexity index is 662. The molecule has 0 spiro atoms. The number of nitrogens with one attached hydrogen (secondary N) is 1. The summed E-state index contributed by atoms with van der Waals surface area (Å²) in [5.41, 5.74) is 0.822. The Morgan fingerprint density at radius 1 is 1.23 bits per heavy atom. The molecule has 1 atom stereocenters. The highest BCUT2D eigenvalue weighted by Crippen LogP contribution is 2.20. The zero-order valence-electron chi connectivity index (χ0n) is 11.8. The van der Waals surface area contributed by atoms with E-state index in [-0.39, 0.29) is 12.4 Å². The van der Waals surface area contributed by atoms with E-state index in [1.54, 1.807) is 6.26 Å². The van der Waals surface area contributed by atoms with Crippen LogP contribution in [-0.4, -0.2) is 23.8 Å². The van der Waals surface area contributed by atoms with Crippen molar-refractivity contribution in [1.29, 1.82) is 0 Å². The van der Waals surface area contributed by atoms with E-state index in [9.17, 15) is 18.7 Å². The molecule has 0 radical (unpaired) electrons. The number of hydrogen-bond donors (Lipinski definition) is 2. The lowest BCUT2D eigenvalue weighted by Crippen LogP contribution is -2.28. The molecule has 0 aliphatic carbocycles. The van der Waals surface area contributed by atoms with Crippen molar-refractivity contribution in [2.75, 3.05) is 12.8 Å². The number of aliphatic hydroxyl groups excluding tert-OH is 1. The molecule has 0 aliphatic heterocycles. The fourth-order valence-corrected chi connectivity index (χ4v) is 2.40. The lowest BCUT2D eigenvalue weighted by Gasteiger charge is -2.12. The molecule has 22 heavy (non-hydrogen) atoms. The largest absolute Gasteiger partial charge is 0.387 e. The van der Waals surface area contributed by atoms with Crippen LogP contribution in [0.25, 0.3) is 0 Å². The highest BCUT2D eigenvalue weighted by atomic mass is 32.2. The van der Waals surface area contributed by atoms with Gasteiger partial charge >= 0.3 is 0 Å². The molecule has 2 aromatic rings. The van der Waals surface area contributed by atoms with E-state index in [4.69, 9.17) is 0 Å². The first kappa shape index (κ1) is 16.5. The number of carbonyl (C=O) groups excluding carboxylic acids is 1. The Labute approximate surface area is 131 Å². The quantitative estimate of drug-likeness (QED) is 0.831. The van der Waals surface area contributed by atoms with E-state index in [0.29, 0.717) is 16.0 Å². The molecule has 1 amide bonds. The van der Waals surface area contributed by atoms with Gasteiger partial charge < -0.3 is 10.4 Å². The predicted molar refractivity (Wildman–Crippen MR) is 81.9 cm³/mol. The molecular weight excluding hydrogens is 308 g/mol. The summed E-state index contributed by atoms with van der Waals surface area (Å²) >= 11 is 1.21. The molecule has 0 saturated heterocycles. The molecule has 116 valence electrons. The fourth-order valence-electron chi connectivity index (χ4n) is 1.90. The molecule has 2 N–H and O–H groups in total. The highest BCUT2D eigenvalue weighted by molar-refractivity contribution is 7.98. The average Bonchev–Trinajstić information content (AvgIpc) is 2.53. The normalized spacial score (nSPS) is 12.0. The number of benzene rings is 2. The molecule has 2 aromatic carbocycles. The molecule has 0 aromatic heterocycles. The fraction of sp³-hybridized carbons (Fsp3) is 0.188. The van der Waals surface area contributed by atoms with Crippen LogP contribution in [0.3, 0.4) is 0 Å². The third-order valence-corrected chi connectivity index (χ3v) is 3.88. The Morgan fingerprint density at radius 3 is 2.55 bits per heavy atom. The highest BCUT2D eigenvalue weighted by Gasteiger charge is 2.12. The molecule has 0 fully saturated rings. The molecule has 3 nitrogen and oxygen atoms in total. The third-order valence-electron chi connectivity index (χ3n) is 3.12. The summed E-state index contributed by atoms with van der Waals surface area (Å²) < 4.78 is 26.2. The first-order chi connectivity index (χ1) is 10.5. The van der Waals surface area contributed by atoms with Crippen LogP contribution >= 0.6 is 11.8 Å². The zero-order chi connectivity index (χ0) is 16.1. The minimum Gasteiger partial charge on any atom is -0.387 e. The minimum absolute atomic E-state index is 0.0174. The van der Waals surface area contributed by atoms with Crippen LogP contribution in [0.5, 0.6) is 0 Å². The second-order valence-electron chi connectivity index (χ2n) is 4.63. The van der Waals surface area contributed by atoms with E-state index >= 15 is 0 Å². The SMILES string of the molecule is CSc1cc(C(=O)NCC(O)c2ccc(F)cc2)ccc1F. The predicted octanol–water partition coefficient (Wildman–Crippen LogP) is 3.15. The summed E-state index contributed by atoms with van der Waals surface area (Å²) in [6.07, 6.45) is 0.781. The topological polar surface area (TPSA) is 49.3 Å². The first-order valence-corrected chi connectivity index (χ1v) is 7.79. The molecule has 0 bridgehead atoms. The number of halogens is 2. The van der Waals surface area contributed by atoms with Crippen molar-refractivity contribution < 1.29 is 18.7 Å². The lowest BCUT2D eigenvalue weighted by molar-refractivity contribution is 0.0916. The molecule has 6 heteroatoms. The van der Waals surface area contributed by atoms with Crippen molar-refractivity contribution in [2.45, 2.75) is 11.0 Å². The van der Waals surface area contributed by atoms with Crippen molar-refractivity contribution in [3.05, 3.63) is 65.2 Å². The van der Waals surface area contributed by atoms with Gasteiger partial charge in [-0.15, -0.1) is 11.8 Å². The van der Waals surface area contributed by atoms with Crippen molar-refractivity contribution in [1.82, 2.24) is 5.32 Å². The van der Waals surface area contributed by atoms with Gasteiger partial charge in [-0.3, -0.25) is 4.79 Å². The maximum absolute atomic E-state index is 13.4. The van der Waals surface area contributed by atoms with Crippen molar-refractivity contribution in [3.8, 4) is 0 Å². The number of rotatable bonds is 5. The minimum atomic E-state index is -0.940. The van der Waals surface area contributed by atoms with Gasteiger partial charge in [0.2, 0.25) is 0 Å². The number of amides is 1. The summed E-state index contributed by atoms with van der Waals surface area (Å²) in [5, 5.41) is 12.5. The van der Waals surface area contributed by atoms with Gasteiger partial charge in [0.1, 0.15) is 11.6 Å². The second-order valence-corrected chi connectivity index (χ2v) is 5.47.